The Morgan fingerprint density at radius 3 is 2.86 bits per heavy atom. The van der Waals surface area contributed by atoms with Crippen molar-refractivity contribution in [2.45, 2.75) is 46.1 Å². The summed E-state index contributed by atoms with van der Waals surface area (Å²) in [5.74, 6) is 1.13. The van der Waals surface area contributed by atoms with Crippen molar-refractivity contribution in [2.24, 2.45) is 5.92 Å². The van der Waals surface area contributed by atoms with E-state index in [0.717, 1.165) is 35.4 Å². The summed E-state index contributed by atoms with van der Waals surface area (Å²) < 4.78 is 6.86. The molecule has 2 heterocycles. The van der Waals surface area contributed by atoms with E-state index in [9.17, 15) is 9.59 Å². The number of anilines is 1. The third-order valence-corrected chi connectivity index (χ3v) is 6.63. The Hall–Kier alpha value is -2.67. The highest BCUT2D eigenvalue weighted by atomic mass is 32.1. The maximum absolute atomic E-state index is 13.2. The first-order valence-corrected chi connectivity index (χ1v) is 10.8. The number of fused-ring (bicyclic) bond motifs is 3. The highest BCUT2D eigenvalue weighted by molar-refractivity contribution is 7.18. The molecule has 0 aliphatic heterocycles. The van der Waals surface area contributed by atoms with E-state index in [1.165, 1.54) is 15.8 Å². The molecule has 0 unspecified atom stereocenters. The normalized spacial score (nSPS) is 17.0. The highest BCUT2D eigenvalue weighted by Crippen LogP contribution is 2.35. The zero-order valence-electron chi connectivity index (χ0n) is 16.9. The van der Waals surface area contributed by atoms with Gasteiger partial charge in [0.1, 0.15) is 16.6 Å². The van der Waals surface area contributed by atoms with Gasteiger partial charge in [0.15, 0.2) is 0 Å². The van der Waals surface area contributed by atoms with E-state index in [2.05, 4.69) is 17.2 Å². The van der Waals surface area contributed by atoms with E-state index in [1.807, 2.05) is 19.1 Å². The lowest BCUT2D eigenvalue weighted by molar-refractivity contribution is -0.118. The number of amides is 1. The number of aryl methyl sites for hydroxylation is 1. The van der Waals surface area contributed by atoms with Crippen molar-refractivity contribution in [1.29, 1.82) is 0 Å². The van der Waals surface area contributed by atoms with Crippen LogP contribution < -0.4 is 15.6 Å². The van der Waals surface area contributed by atoms with Gasteiger partial charge in [-0.1, -0.05) is 6.92 Å². The van der Waals surface area contributed by atoms with Crippen molar-refractivity contribution in [1.82, 2.24) is 9.55 Å². The Morgan fingerprint density at radius 2 is 2.14 bits per heavy atom. The van der Waals surface area contributed by atoms with Crippen LogP contribution in [0.15, 0.2) is 35.4 Å². The molecule has 6 nitrogen and oxygen atoms in total. The van der Waals surface area contributed by atoms with Gasteiger partial charge < -0.3 is 10.1 Å². The molecule has 0 fully saturated rings. The summed E-state index contributed by atoms with van der Waals surface area (Å²) in [5, 5.41) is 3.56. The summed E-state index contributed by atoms with van der Waals surface area (Å²) in [6, 6.07) is 6.53. The maximum atomic E-state index is 13.2. The smallest absolute Gasteiger partial charge is 0.263 e. The molecule has 1 aromatic carbocycles. The van der Waals surface area contributed by atoms with Crippen LogP contribution in [0, 0.1) is 5.92 Å². The molecule has 1 amide bonds. The first-order valence-electron chi connectivity index (χ1n) is 10.0. The lowest BCUT2D eigenvalue weighted by Gasteiger charge is -2.18. The second-order valence-corrected chi connectivity index (χ2v) is 8.70. The van der Waals surface area contributed by atoms with Gasteiger partial charge in [-0.3, -0.25) is 14.2 Å². The fourth-order valence-corrected chi connectivity index (χ4v) is 5.14. The third-order valence-electron chi connectivity index (χ3n) is 5.47. The van der Waals surface area contributed by atoms with Crippen molar-refractivity contribution >= 4 is 33.1 Å². The average Bonchev–Trinajstić information content (AvgIpc) is 3.07. The minimum absolute atomic E-state index is 0.128. The standard InChI is InChI=1S/C22H25N3O3S/c1-4-28-16-8-6-15(7-9-16)24-20(26)14(3)25-12-23-21-19(22(25)27)17-10-5-13(2)11-18(17)29-21/h6-9,12-14H,4-5,10-11H2,1-3H3,(H,24,26)/t13-,14+/m0/s1. The van der Waals surface area contributed by atoms with Gasteiger partial charge in [0, 0.05) is 10.6 Å². The van der Waals surface area contributed by atoms with Crippen LogP contribution in [-0.4, -0.2) is 22.1 Å². The largest absolute Gasteiger partial charge is 0.494 e. The molecule has 0 radical (unpaired) electrons. The van der Waals surface area contributed by atoms with E-state index in [-0.39, 0.29) is 11.5 Å². The van der Waals surface area contributed by atoms with Crippen LogP contribution in [0.4, 0.5) is 5.69 Å². The van der Waals surface area contributed by atoms with Gasteiger partial charge in [-0.2, -0.15) is 0 Å². The Kier molecular flexibility index (Phi) is 5.41. The predicted molar refractivity (Wildman–Crippen MR) is 116 cm³/mol. The quantitative estimate of drug-likeness (QED) is 0.684. The van der Waals surface area contributed by atoms with Gasteiger partial charge in [0.2, 0.25) is 5.91 Å². The van der Waals surface area contributed by atoms with Crippen LogP contribution in [-0.2, 0) is 17.6 Å². The lowest BCUT2D eigenvalue weighted by Crippen LogP contribution is -2.32. The van der Waals surface area contributed by atoms with Crippen LogP contribution >= 0.6 is 11.3 Å². The molecule has 2 aromatic heterocycles. The van der Waals surface area contributed by atoms with Crippen molar-refractivity contribution in [2.75, 3.05) is 11.9 Å². The van der Waals surface area contributed by atoms with Gasteiger partial charge in [0.25, 0.3) is 5.56 Å². The number of thiophene rings is 1. The van der Waals surface area contributed by atoms with Gasteiger partial charge in [0.05, 0.1) is 18.3 Å². The van der Waals surface area contributed by atoms with Crippen molar-refractivity contribution in [3.63, 3.8) is 0 Å². The van der Waals surface area contributed by atoms with Crippen molar-refractivity contribution in [3.8, 4) is 5.75 Å². The minimum Gasteiger partial charge on any atom is -0.494 e. The zero-order chi connectivity index (χ0) is 20.5. The lowest BCUT2D eigenvalue weighted by atomic mass is 9.89. The fraction of sp³-hybridized carbons (Fsp3) is 0.409. The molecule has 152 valence electrons. The average molecular weight is 412 g/mol. The summed E-state index contributed by atoms with van der Waals surface area (Å²) in [6.07, 6.45) is 4.49. The SMILES string of the molecule is CCOc1ccc(NC(=O)[C@@H](C)n2cnc3sc4c(c3c2=O)CC[C@H](C)C4)cc1. The van der Waals surface area contributed by atoms with Gasteiger partial charge in [-0.15, -0.1) is 11.3 Å². The Bertz CT molecular complexity index is 1100. The number of benzene rings is 1. The highest BCUT2D eigenvalue weighted by Gasteiger charge is 2.25. The molecule has 2 atom stereocenters. The Morgan fingerprint density at radius 1 is 1.38 bits per heavy atom. The number of hydrogen-bond acceptors (Lipinski definition) is 5. The molecule has 29 heavy (non-hydrogen) atoms. The number of carbonyl (C=O) groups excluding carboxylic acids is 1. The van der Waals surface area contributed by atoms with Crippen LogP contribution in [0.2, 0.25) is 0 Å². The van der Waals surface area contributed by atoms with Gasteiger partial charge in [-0.25, -0.2) is 4.98 Å². The van der Waals surface area contributed by atoms with Gasteiger partial charge >= 0.3 is 0 Å². The summed E-state index contributed by atoms with van der Waals surface area (Å²) in [4.78, 5) is 32.5. The molecular formula is C22H25N3O3S. The first-order chi connectivity index (χ1) is 14.0. The zero-order valence-corrected chi connectivity index (χ0v) is 17.7. The second kappa shape index (κ2) is 7.99. The molecule has 3 aromatic rings. The molecule has 0 saturated heterocycles. The molecular weight excluding hydrogens is 386 g/mol. The third kappa shape index (κ3) is 3.79. The second-order valence-electron chi connectivity index (χ2n) is 7.61. The number of aromatic nitrogens is 2. The van der Waals surface area contributed by atoms with E-state index in [0.29, 0.717) is 23.6 Å². The first kappa shape index (κ1) is 19.6. The van der Waals surface area contributed by atoms with Crippen LogP contribution in [0.25, 0.3) is 10.2 Å². The molecule has 0 bridgehead atoms. The Labute approximate surface area is 173 Å². The van der Waals surface area contributed by atoms with Crippen LogP contribution in [0.1, 0.15) is 43.7 Å². The number of carbonyl (C=O) groups is 1. The molecule has 1 aliphatic rings. The molecule has 7 heteroatoms. The predicted octanol–water partition coefficient (Wildman–Crippen LogP) is 4.18. The summed E-state index contributed by atoms with van der Waals surface area (Å²) in [7, 11) is 0. The molecule has 0 saturated carbocycles. The van der Waals surface area contributed by atoms with E-state index in [1.54, 1.807) is 30.4 Å². The number of nitrogens with zero attached hydrogens (tertiary/aromatic N) is 2. The number of ether oxygens (including phenoxy) is 1. The van der Waals surface area contributed by atoms with E-state index in [4.69, 9.17) is 4.74 Å². The molecule has 4 rings (SSSR count). The van der Waals surface area contributed by atoms with Crippen LogP contribution in [0.5, 0.6) is 5.75 Å². The maximum Gasteiger partial charge on any atom is 0.263 e. The summed E-state index contributed by atoms with van der Waals surface area (Å²) in [6.45, 7) is 6.48. The Balaban J connectivity index is 1.59. The molecule has 0 spiro atoms. The van der Waals surface area contributed by atoms with Crippen LogP contribution in [0.3, 0.4) is 0 Å². The summed E-state index contributed by atoms with van der Waals surface area (Å²) in [5.41, 5.74) is 1.67. The number of hydrogen-bond donors (Lipinski definition) is 1. The number of nitrogens with one attached hydrogen (secondary N) is 1. The topological polar surface area (TPSA) is 73.2 Å². The molecule has 1 aliphatic carbocycles. The van der Waals surface area contributed by atoms with Crippen molar-refractivity contribution < 1.29 is 9.53 Å². The monoisotopic (exact) mass is 411 g/mol. The van der Waals surface area contributed by atoms with Gasteiger partial charge in [-0.05, 0) is 68.9 Å². The van der Waals surface area contributed by atoms with E-state index < -0.39 is 6.04 Å². The van der Waals surface area contributed by atoms with Crippen molar-refractivity contribution in [3.05, 3.63) is 51.4 Å². The van der Waals surface area contributed by atoms with E-state index >= 15 is 0 Å². The number of rotatable bonds is 5. The minimum atomic E-state index is -0.663. The molecule has 1 N–H and O–H groups in total. The fourth-order valence-electron chi connectivity index (χ4n) is 3.79. The summed E-state index contributed by atoms with van der Waals surface area (Å²) >= 11 is 1.62.